The van der Waals surface area contributed by atoms with Gasteiger partial charge < -0.3 is 10.2 Å². The fourth-order valence-corrected chi connectivity index (χ4v) is 1.36. The van der Waals surface area contributed by atoms with Crippen molar-refractivity contribution >= 4 is 5.97 Å². The fraction of sp³-hybridized carbons (Fsp3) is 0.727. The Labute approximate surface area is 91.2 Å². The number of carbonyl (C=O) groups is 1. The molecule has 0 saturated carbocycles. The van der Waals surface area contributed by atoms with Crippen LogP contribution in [0, 0.1) is 0 Å². The van der Waals surface area contributed by atoms with E-state index in [1.54, 1.807) is 13.0 Å². The van der Waals surface area contributed by atoms with E-state index in [9.17, 15) is 9.90 Å². The van der Waals surface area contributed by atoms with Gasteiger partial charge in [0, 0.05) is 5.57 Å². The topological polar surface area (TPSA) is 60.8 Å². The number of hydrogen-bond donors (Lipinski definition) is 2. The van der Waals surface area contributed by atoms with Crippen molar-refractivity contribution in [2.45, 2.75) is 39.8 Å². The summed E-state index contributed by atoms with van der Waals surface area (Å²) in [5.41, 5.74) is 0.335. The van der Waals surface area contributed by atoms with Crippen LogP contribution >= 0.6 is 0 Å². The maximum absolute atomic E-state index is 10.5. The van der Waals surface area contributed by atoms with Crippen molar-refractivity contribution in [1.82, 2.24) is 4.90 Å². The zero-order chi connectivity index (χ0) is 11.8. The fourth-order valence-electron chi connectivity index (χ4n) is 1.36. The van der Waals surface area contributed by atoms with Crippen molar-refractivity contribution in [2.24, 2.45) is 0 Å². The highest BCUT2D eigenvalue weighted by Crippen LogP contribution is 2.06. The van der Waals surface area contributed by atoms with E-state index in [1.807, 2.05) is 18.7 Å². The van der Waals surface area contributed by atoms with Gasteiger partial charge in [-0.1, -0.05) is 19.9 Å². The molecule has 0 heterocycles. The molecule has 0 aliphatic carbocycles. The predicted octanol–water partition coefficient (Wildman–Crippen LogP) is 1.46. The molecule has 0 aliphatic rings. The highest BCUT2D eigenvalue weighted by Gasteiger charge is 2.10. The molecule has 1 unspecified atom stereocenters. The van der Waals surface area contributed by atoms with Crippen LogP contribution in [0.2, 0.25) is 0 Å². The highest BCUT2D eigenvalue weighted by atomic mass is 16.4. The van der Waals surface area contributed by atoms with Gasteiger partial charge in [0.25, 0.3) is 0 Å². The molecule has 4 heteroatoms. The number of rotatable bonds is 7. The average molecular weight is 215 g/mol. The van der Waals surface area contributed by atoms with Crippen LogP contribution in [0.1, 0.15) is 33.6 Å². The molecule has 15 heavy (non-hydrogen) atoms. The van der Waals surface area contributed by atoms with Crippen molar-refractivity contribution < 1.29 is 15.0 Å². The van der Waals surface area contributed by atoms with E-state index in [0.29, 0.717) is 18.4 Å². The van der Waals surface area contributed by atoms with Gasteiger partial charge in [-0.25, -0.2) is 4.79 Å². The minimum atomic E-state index is -0.896. The van der Waals surface area contributed by atoms with Crippen LogP contribution in [0.4, 0.5) is 0 Å². The molecular weight excluding hydrogens is 194 g/mol. The van der Waals surface area contributed by atoms with Crippen molar-refractivity contribution in [3.05, 3.63) is 11.6 Å². The van der Waals surface area contributed by atoms with E-state index < -0.39 is 12.2 Å². The summed E-state index contributed by atoms with van der Waals surface area (Å²) in [7, 11) is 0. The van der Waals surface area contributed by atoms with Gasteiger partial charge in [0.05, 0.1) is 0 Å². The Morgan fingerprint density at radius 2 is 1.93 bits per heavy atom. The molecule has 4 nitrogen and oxygen atoms in total. The van der Waals surface area contributed by atoms with Gasteiger partial charge in [-0.3, -0.25) is 4.90 Å². The minimum Gasteiger partial charge on any atom is -0.478 e. The first kappa shape index (κ1) is 14.1. The Balaban J connectivity index is 3.95. The Hall–Kier alpha value is -0.870. The van der Waals surface area contributed by atoms with E-state index >= 15 is 0 Å². The summed E-state index contributed by atoms with van der Waals surface area (Å²) < 4.78 is 0. The summed E-state index contributed by atoms with van der Waals surface area (Å²) in [6, 6.07) is 0. The molecule has 0 aromatic carbocycles. The third-order valence-electron chi connectivity index (χ3n) is 2.45. The molecule has 0 aliphatic heterocycles. The summed E-state index contributed by atoms with van der Waals surface area (Å²) in [6.07, 6.45) is 2.34. The van der Waals surface area contributed by atoms with Crippen LogP contribution in [-0.2, 0) is 4.79 Å². The predicted molar refractivity (Wildman–Crippen MR) is 59.6 cm³/mol. The number of nitrogens with zero attached hydrogens (tertiary/aromatic N) is 1. The molecule has 0 fully saturated rings. The van der Waals surface area contributed by atoms with Crippen LogP contribution in [0.25, 0.3) is 0 Å². The van der Waals surface area contributed by atoms with Gasteiger partial charge in [-0.05, 0) is 32.9 Å². The largest absolute Gasteiger partial charge is 0.478 e. The van der Waals surface area contributed by atoms with E-state index in [2.05, 4.69) is 0 Å². The molecule has 0 amide bonds. The second-order valence-electron chi connectivity index (χ2n) is 3.47. The summed E-state index contributed by atoms with van der Waals surface area (Å²) in [5, 5.41) is 18.3. The summed E-state index contributed by atoms with van der Waals surface area (Å²) in [6.45, 7) is 7.15. The third-order valence-corrected chi connectivity index (χ3v) is 2.45. The monoisotopic (exact) mass is 215 g/mol. The molecule has 88 valence electrons. The summed E-state index contributed by atoms with van der Waals surface area (Å²) in [4.78, 5) is 12.4. The van der Waals surface area contributed by atoms with Crippen molar-refractivity contribution in [3.63, 3.8) is 0 Å². The lowest BCUT2D eigenvalue weighted by Crippen LogP contribution is -2.34. The van der Waals surface area contributed by atoms with E-state index in [-0.39, 0.29) is 0 Å². The highest BCUT2D eigenvalue weighted by molar-refractivity contribution is 5.85. The third kappa shape index (κ3) is 5.54. The second-order valence-corrected chi connectivity index (χ2v) is 3.47. The summed E-state index contributed by atoms with van der Waals surface area (Å²) >= 11 is 0. The lowest BCUT2D eigenvalue weighted by Gasteiger charge is -2.24. The molecule has 0 aromatic rings. The van der Waals surface area contributed by atoms with Gasteiger partial charge >= 0.3 is 5.97 Å². The van der Waals surface area contributed by atoms with Crippen LogP contribution < -0.4 is 0 Å². The number of carboxylic acid groups (broad SMARTS) is 1. The Kier molecular flexibility index (Phi) is 6.99. The SMILES string of the molecule is CCN(CC)C(O)CCC=C(C)C(=O)O. The smallest absolute Gasteiger partial charge is 0.330 e. The van der Waals surface area contributed by atoms with Crippen LogP contribution in [-0.4, -0.2) is 40.4 Å². The van der Waals surface area contributed by atoms with E-state index in [0.717, 1.165) is 13.1 Å². The van der Waals surface area contributed by atoms with E-state index in [4.69, 9.17) is 5.11 Å². The van der Waals surface area contributed by atoms with Gasteiger partial charge in [0.2, 0.25) is 0 Å². The maximum atomic E-state index is 10.5. The average Bonchev–Trinajstić information content (AvgIpc) is 2.19. The Bertz CT molecular complexity index is 222. The first-order valence-corrected chi connectivity index (χ1v) is 5.35. The minimum absolute atomic E-state index is 0.335. The maximum Gasteiger partial charge on any atom is 0.330 e. The van der Waals surface area contributed by atoms with Gasteiger partial charge in [0.15, 0.2) is 0 Å². The number of carboxylic acids is 1. The number of hydrogen-bond acceptors (Lipinski definition) is 3. The number of aliphatic carboxylic acids is 1. The Morgan fingerprint density at radius 1 is 1.40 bits per heavy atom. The molecule has 0 spiro atoms. The normalized spacial score (nSPS) is 14.3. The standard InChI is InChI=1S/C11H21NO3/c1-4-12(5-2)10(13)8-6-7-9(3)11(14)15/h7,10,13H,4-6,8H2,1-3H3,(H,14,15). The Morgan fingerprint density at radius 3 is 2.33 bits per heavy atom. The zero-order valence-corrected chi connectivity index (χ0v) is 9.73. The first-order chi connectivity index (χ1) is 7.02. The summed E-state index contributed by atoms with van der Waals surface area (Å²) in [5.74, 6) is -0.896. The van der Waals surface area contributed by atoms with Gasteiger partial charge in [-0.15, -0.1) is 0 Å². The lowest BCUT2D eigenvalue weighted by atomic mass is 10.2. The lowest BCUT2D eigenvalue weighted by molar-refractivity contribution is -0.132. The molecule has 0 radical (unpaired) electrons. The van der Waals surface area contributed by atoms with Crippen molar-refractivity contribution in [2.75, 3.05) is 13.1 Å². The van der Waals surface area contributed by atoms with Crippen molar-refractivity contribution in [1.29, 1.82) is 0 Å². The number of allylic oxidation sites excluding steroid dienone is 1. The number of aliphatic hydroxyl groups is 1. The second kappa shape index (κ2) is 7.43. The molecular formula is C11H21NO3. The van der Waals surface area contributed by atoms with E-state index in [1.165, 1.54) is 0 Å². The molecule has 0 aromatic heterocycles. The molecule has 1 atom stereocenters. The molecule has 0 rings (SSSR count). The molecule has 0 bridgehead atoms. The first-order valence-electron chi connectivity index (χ1n) is 5.35. The quantitative estimate of drug-likeness (QED) is 0.498. The van der Waals surface area contributed by atoms with Gasteiger partial charge in [-0.2, -0.15) is 0 Å². The van der Waals surface area contributed by atoms with Crippen LogP contribution in [0.3, 0.4) is 0 Å². The number of aliphatic hydroxyl groups excluding tert-OH is 1. The van der Waals surface area contributed by atoms with Crippen LogP contribution in [0.15, 0.2) is 11.6 Å². The molecule has 0 saturated heterocycles. The van der Waals surface area contributed by atoms with Crippen molar-refractivity contribution in [3.8, 4) is 0 Å². The van der Waals surface area contributed by atoms with Crippen LogP contribution in [0.5, 0.6) is 0 Å². The molecule has 2 N–H and O–H groups in total. The zero-order valence-electron chi connectivity index (χ0n) is 9.73. The van der Waals surface area contributed by atoms with Gasteiger partial charge in [0.1, 0.15) is 6.23 Å².